The molecule has 22 heavy (non-hydrogen) atoms. The summed E-state index contributed by atoms with van der Waals surface area (Å²) >= 11 is 0. The number of sulfonamides is 2. The van der Waals surface area contributed by atoms with Crippen LogP contribution in [-0.4, -0.2) is 66.5 Å². The summed E-state index contributed by atoms with van der Waals surface area (Å²) in [5.41, 5.74) is 0. The summed E-state index contributed by atoms with van der Waals surface area (Å²) in [7, 11) is -5.75. The third kappa shape index (κ3) is 688. The minimum Gasteiger partial charge on any atom is -0.260 e. The average molecular weight is 407 g/mol. The minimum atomic E-state index is -3.17. The lowest BCUT2D eigenvalue weighted by Crippen LogP contribution is -2.07. The molecule has 0 aliphatic carbocycles. The molecule has 0 spiro atoms. The molecule has 4 N–H and O–H groups in total. The third-order valence-electron chi connectivity index (χ3n) is 0.224. The first-order chi connectivity index (χ1) is 9.50. The third-order valence-corrected chi connectivity index (χ3v) is 0.671. The second-order valence-electron chi connectivity index (χ2n) is 3.45. The number of rotatable bonds is 2. The van der Waals surface area contributed by atoms with Crippen molar-refractivity contribution in [2.75, 3.05) is 45.5 Å². The lowest BCUT2D eigenvalue weighted by molar-refractivity contribution is -0.168. The van der Waals surface area contributed by atoms with Gasteiger partial charge in [0.25, 0.3) is 0 Å². The molecule has 0 amide bonds. The van der Waals surface area contributed by atoms with Gasteiger partial charge in [-0.05, 0) is 13.3 Å². The molecule has 142 valence electrons. The van der Waals surface area contributed by atoms with Crippen molar-refractivity contribution in [3.05, 3.63) is 0 Å². The summed E-state index contributed by atoms with van der Waals surface area (Å²) in [6, 6.07) is 0. The van der Waals surface area contributed by atoms with Crippen molar-refractivity contribution in [3.8, 4) is 0 Å². The highest BCUT2D eigenvalue weighted by molar-refractivity contribution is 7.88. The molecule has 9 nitrogen and oxygen atoms in total. The van der Waals surface area contributed by atoms with Gasteiger partial charge in [0.1, 0.15) is 0 Å². The quantitative estimate of drug-likeness (QED) is 0.373. The van der Waals surface area contributed by atoms with Gasteiger partial charge in [-0.3, -0.25) is 4.21 Å². The largest absolute Gasteiger partial charge is 0.260 e. The van der Waals surface area contributed by atoms with Gasteiger partial charge in [0.15, 0.2) is 0 Å². The van der Waals surface area contributed by atoms with Gasteiger partial charge < -0.3 is 0 Å². The lowest BCUT2D eigenvalue weighted by atomic mass is 11.0. The van der Waals surface area contributed by atoms with E-state index in [1.54, 1.807) is 12.5 Å². The Bertz CT molecular complexity index is 374. The standard InChI is InChI=1S/C3H9O2P.C2H6OS.C2H6.2CH5NO2S/c1-4-5-6(2)3;1-4(2)3;1-2;2*1-5(2,3)4/h1-3H3;1-2H3;1-2H3;2*1H3,(H2,2,3,4). The number of hydrogen-bond donors (Lipinski definition) is 2. The maximum absolute atomic E-state index is 9.56. The van der Waals surface area contributed by atoms with Gasteiger partial charge in [0.05, 0.1) is 27.8 Å². The van der Waals surface area contributed by atoms with Crippen molar-refractivity contribution in [1.82, 2.24) is 0 Å². The van der Waals surface area contributed by atoms with Crippen LogP contribution in [0.2, 0.25) is 0 Å². The first kappa shape index (κ1) is 33.8. The molecule has 0 aromatic rings. The van der Waals surface area contributed by atoms with E-state index in [1.807, 2.05) is 27.2 Å². The number of hydrogen-bond acceptors (Lipinski definition) is 7. The van der Waals surface area contributed by atoms with Crippen LogP contribution in [0.3, 0.4) is 0 Å². The molecule has 0 heterocycles. The van der Waals surface area contributed by atoms with Crippen molar-refractivity contribution in [2.45, 2.75) is 13.8 Å². The van der Waals surface area contributed by atoms with E-state index in [0.29, 0.717) is 0 Å². The summed E-state index contributed by atoms with van der Waals surface area (Å²) < 4.78 is 51.8. The zero-order chi connectivity index (χ0) is 19.6. The van der Waals surface area contributed by atoms with Gasteiger partial charge in [0, 0.05) is 23.3 Å². The molecule has 0 aromatic carbocycles. The Labute approximate surface area is 139 Å². The Morgan fingerprint density at radius 2 is 1.05 bits per heavy atom. The van der Waals surface area contributed by atoms with Crippen molar-refractivity contribution in [3.63, 3.8) is 0 Å². The molecule has 0 aromatic heterocycles. The number of primary sulfonamides is 2. The zero-order valence-corrected chi connectivity index (χ0v) is 18.0. The molecule has 0 unspecified atom stereocenters. The summed E-state index contributed by atoms with van der Waals surface area (Å²) in [5.74, 6) is 0. The molecule has 0 saturated heterocycles. The molecule has 13 heteroatoms. The molecule has 0 bridgehead atoms. The van der Waals surface area contributed by atoms with Gasteiger partial charge >= 0.3 is 0 Å². The van der Waals surface area contributed by atoms with Crippen LogP contribution < -0.4 is 10.3 Å². The van der Waals surface area contributed by atoms with Gasteiger partial charge in [-0.25, -0.2) is 36.7 Å². The van der Waals surface area contributed by atoms with Crippen molar-refractivity contribution in [2.24, 2.45) is 10.3 Å². The average Bonchev–Trinajstić information content (AvgIpc) is 2.13. The van der Waals surface area contributed by atoms with Crippen molar-refractivity contribution < 1.29 is 30.6 Å². The van der Waals surface area contributed by atoms with E-state index in [9.17, 15) is 21.0 Å². The smallest absolute Gasteiger partial charge is 0.206 e. The fourth-order valence-corrected chi connectivity index (χ4v) is 0.447. The highest BCUT2D eigenvalue weighted by Crippen LogP contribution is 2.24. The lowest BCUT2D eigenvalue weighted by Gasteiger charge is -1.98. The van der Waals surface area contributed by atoms with E-state index in [2.05, 4.69) is 19.8 Å². The fourth-order valence-electron chi connectivity index (χ4n) is 0.149. The van der Waals surface area contributed by atoms with Crippen LogP contribution in [0.4, 0.5) is 0 Å². The Hall–Kier alpha value is 0.320. The van der Waals surface area contributed by atoms with Crippen LogP contribution >= 0.6 is 8.15 Å². The monoisotopic (exact) mass is 406 g/mol. The predicted octanol–water partition coefficient (Wildman–Crippen LogP) is 0.0512. The summed E-state index contributed by atoms with van der Waals surface area (Å²) in [5, 5.41) is 8.65. The van der Waals surface area contributed by atoms with Crippen LogP contribution in [0.25, 0.3) is 0 Å². The predicted molar refractivity (Wildman–Crippen MR) is 96.3 cm³/mol. The Morgan fingerprint density at radius 1 is 0.909 bits per heavy atom. The second-order valence-corrected chi connectivity index (χ2v) is 10.0. The van der Waals surface area contributed by atoms with E-state index in [0.717, 1.165) is 12.5 Å². The molecule has 0 radical (unpaired) electrons. The molecule has 0 fully saturated rings. The molecule has 0 saturated carbocycles. The van der Waals surface area contributed by atoms with Crippen LogP contribution in [0.15, 0.2) is 0 Å². The highest BCUT2D eigenvalue weighted by atomic mass is 32.2. The molecule has 0 rings (SSSR count). The topological polar surface area (TPSA) is 156 Å². The molecule has 0 atom stereocenters. The second kappa shape index (κ2) is 21.3. The Morgan fingerprint density at radius 3 is 1.05 bits per heavy atom. The zero-order valence-electron chi connectivity index (χ0n) is 14.7. The first-order valence-corrected chi connectivity index (χ1v) is 13.6. The van der Waals surface area contributed by atoms with Gasteiger partial charge in [0.2, 0.25) is 20.0 Å². The summed E-state index contributed by atoms with van der Waals surface area (Å²) in [6.07, 6.45) is 5.15. The van der Waals surface area contributed by atoms with E-state index in [1.165, 1.54) is 7.11 Å². The molecular formula is C9H31N2O7PS3. The van der Waals surface area contributed by atoms with Crippen LogP contribution in [0.1, 0.15) is 13.8 Å². The maximum Gasteiger partial charge on any atom is 0.206 e. The molecule has 0 aliphatic rings. The highest BCUT2D eigenvalue weighted by Gasteiger charge is 1.85. The Balaban J connectivity index is -0.0000000567. The fraction of sp³-hybridized carbons (Fsp3) is 1.00. The minimum absolute atomic E-state index is 0.323. The molecule has 0 aliphatic heterocycles. The van der Waals surface area contributed by atoms with Crippen molar-refractivity contribution in [1.29, 1.82) is 0 Å². The number of nitrogens with two attached hydrogens (primary N) is 2. The van der Waals surface area contributed by atoms with Gasteiger partial charge in [-0.15, -0.1) is 0 Å². The van der Waals surface area contributed by atoms with Crippen LogP contribution in [-0.2, 0) is 40.4 Å². The normalized spacial score (nSPS) is 9.86. The Kier molecular flexibility index (Phi) is 32.8. The SMILES string of the molecule is CC.COOP(C)C.CS(C)=O.CS(N)(=O)=O.CS(N)(=O)=O. The summed E-state index contributed by atoms with van der Waals surface area (Å²) in [4.78, 5) is 4.33. The van der Waals surface area contributed by atoms with Gasteiger partial charge in [-0.2, -0.15) is 0 Å². The first-order valence-electron chi connectivity index (χ1n) is 5.59. The summed E-state index contributed by atoms with van der Waals surface area (Å²) in [6.45, 7) is 7.94. The molecular weight excluding hydrogens is 375 g/mol. The maximum atomic E-state index is 9.56. The van der Waals surface area contributed by atoms with E-state index >= 15 is 0 Å². The van der Waals surface area contributed by atoms with Crippen molar-refractivity contribution >= 4 is 39.0 Å². The van der Waals surface area contributed by atoms with E-state index in [-0.39, 0.29) is 8.15 Å². The van der Waals surface area contributed by atoms with Crippen LogP contribution in [0, 0.1) is 0 Å². The van der Waals surface area contributed by atoms with Crippen LogP contribution in [0.5, 0.6) is 0 Å². The van der Waals surface area contributed by atoms with E-state index in [4.69, 9.17) is 0 Å². The van der Waals surface area contributed by atoms with E-state index < -0.39 is 30.8 Å². The van der Waals surface area contributed by atoms with Gasteiger partial charge in [-0.1, -0.05) is 13.8 Å².